The summed E-state index contributed by atoms with van der Waals surface area (Å²) in [5.41, 5.74) is 0. The van der Waals surface area contributed by atoms with Crippen molar-refractivity contribution < 1.29 is 52.2 Å². The maximum absolute atomic E-state index is 13.0. The lowest BCUT2D eigenvalue weighted by Gasteiger charge is -2.21. The highest BCUT2D eigenvalue weighted by Gasteiger charge is 2.28. The molecule has 0 fully saturated rings. The van der Waals surface area contributed by atoms with Crippen molar-refractivity contribution in [1.29, 1.82) is 0 Å². The normalized spacial score (nSPS) is 13.9. The quantitative estimate of drug-likeness (QED) is 0.0197. The van der Waals surface area contributed by atoms with Crippen LogP contribution in [-0.4, -0.2) is 66.5 Å². The lowest BCUT2D eigenvalue weighted by molar-refractivity contribution is -0.161. The summed E-state index contributed by atoms with van der Waals surface area (Å²) in [4.78, 5) is 48.9. The van der Waals surface area contributed by atoms with Crippen LogP contribution in [0.5, 0.6) is 0 Å². The molecular formula is C72H123O11P. The fourth-order valence-corrected chi connectivity index (χ4v) is 9.92. The molecule has 11 nitrogen and oxygen atoms in total. The molecule has 3 unspecified atom stereocenters. The molecule has 0 heterocycles. The molecule has 0 aromatic carbocycles. The van der Waals surface area contributed by atoms with Crippen LogP contribution in [0.15, 0.2) is 109 Å². The number of hydrogen-bond donors (Lipinski definition) is 2. The van der Waals surface area contributed by atoms with Crippen molar-refractivity contribution in [3.05, 3.63) is 109 Å². The second kappa shape index (κ2) is 65.1. The number of aliphatic hydroxyl groups is 1. The second-order valence-corrected chi connectivity index (χ2v) is 23.7. The number of unbranched alkanes of at least 4 members (excludes halogenated alkanes) is 27. The number of carbonyl (C=O) groups is 3. The molecule has 0 radical (unpaired) electrons. The molecular weight excluding hydrogens is 1070 g/mol. The van der Waals surface area contributed by atoms with Gasteiger partial charge in [0.2, 0.25) is 0 Å². The number of phosphoric acid groups is 1. The molecule has 0 rings (SSSR count). The molecule has 2 N–H and O–H groups in total. The average molecular weight is 1200 g/mol. The topological polar surface area (TPSA) is 155 Å². The third-order valence-electron chi connectivity index (χ3n) is 14.2. The van der Waals surface area contributed by atoms with Gasteiger partial charge in [0.05, 0.1) is 19.8 Å². The van der Waals surface area contributed by atoms with Crippen LogP contribution in [0.2, 0.25) is 0 Å². The minimum Gasteiger partial charge on any atom is -0.462 e. The molecule has 0 aromatic rings. The van der Waals surface area contributed by atoms with Crippen molar-refractivity contribution in [2.45, 2.75) is 303 Å². The molecule has 0 amide bonds. The number of hydrogen-bond acceptors (Lipinski definition) is 10. The van der Waals surface area contributed by atoms with E-state index in [1.54, 1.807) is 0 Å². The Morgan fingerprint density at radius 3 is 0.964 bits per heavy atom. The van der Waals surface area contributed by atoms with E-state index in [1.165, 1.54) is 96.3 Å². The van der Waals surface area contributed by atoms with Gasteiger partial charge in [0.25, 0.3) is 0 Å². The smallest absolute Gasteiger partial charge is 0.462 e. The standard InChI is InChI=1S/C72H123O11P/c1-4-7-10-13-16-19-22-25-28-31-34-37-40-43-46-49-52-55-58-61-70(74)79-65-69(83-72(76)63-60-57-54-51-48-45-42-39-36-33-30-27-24-21-18-15-12-9-6-3)67-81-84(77,78)80-66-68(64-73)82-71(75)62-59-56-53-50-47-44-41-38-35-32-29-26-23-20-17-14-11-8-5-2/h7,9-10,12,16,18-19,21,25,27-28,30,34,36-37,39,43,46,68-69,73H,4-6,8,11,13-15,17,20,22-24,26,29,31-33,35,38,40-42,44-45,47-67H2,1-3H3,(H,77,78)/b10-7-,12-9-,19-16-,21-18-,28-25-,30-27-,37-34-,39-36-,46-43-. The van der Waals surface area contributed by atoms with Crippen LogP contribution in [-0.2, 0) is 42.2 Å². The number of allylic oxidation sites excluding steroid dienone is 18. The Labute approximate surface area is 514 Å². The van der Waals surface area contributed by atoms with Gasteiger partial charge in [0.1, 0.15) is 12.7 Å². The predicted molar refractivity (Wildman–Crippen MR) is 353 cm³/mol. The van der Waals surface area contributed by atoms with Crippen LogP contribution >= 0.6 is 7.82 Å². The second-order valence-electron chi connectivity index (χ2n) is 22.2. The summed E-state index contributed by atoms with van der Waals surface area (Å²) in [6.45, 7) is 4.41. The Kier molecular flexibility index (Phi) is 62.1. The van der Waals surface area contributed by atoms with E-state index in [9.17, 15) is 28.9 Å². The van der Waals surface area contributed by atoms with E-state index < -0.39 is 57.8 Å². The van der Waals surface area contributed by atoms with Crippen molar-refractivity contribution in [3.8, 4) is 0 Å². The molecule has 482 valence electrons. The molecule has 12 heteroatoms. The third-order valence-corrected chi connectivity index (χ3v) is 15.1. The van der Waals surface area contributed by atoms with Gasteiger partial charge < -0.3 is 24.2 Å². The lowest BCUT2D eigenvalue weighted by atomic mass is 10.0. The zero-order chi connectivity index (χ0) is 61.2. The molecule has 0 aliphatic heterocycles. The molecule has 0 aliphatic rings. The fourth-order valence-electron chi connectivity index (χ4n) is 9.14. The first kappa shape index (κ1) is 80.1. The SMILES string of the molecule is CC/C=C\C/C=C\C/C=C\C/C=C\C/C=C\CCCCCC(=O)OCC(COP(=O)(O)OCC(CO)OC(=O)CCCCCCCCCCCCCCCCCCCCC)OC(=O)CCCCCCCC/C=C\C/C=C\C/C=C\C/C=C\CC. The van der Waals surface area contributed by atoms with Crippen LogP contribution < -0.4 is 0 Å². The first-order chi connectivity index (χ1) is 41.2. The minimum absolute atomic E-state index is 0.140. The summed E-state index contributed by atoms with van der Waals surface area (Å²) in [6, 6.07) is 0. The number of ether oxygens (including phenoxy) is 3. The predicted octanol–water partition coefficient (Wildman–Crippen LogP) is 20.9. The van der Waals surface area contributed by atoms with E-state index in [-0.39, 0.29) is 25.9 Å². The van der Waals surface area contributed by atoms with Crippen LogP contribution in [0.3, 0.4) is 0 Å². The van der Waals surface area contributed by atoms with Crippen LogP contribution in [0.4, 0.5) is 0 Å². The summed E-state index contributed by atoms with van der Waals surface area (Å²) < 4.78 is 39.7. The maximum Gasteiger partial charge on any atom is 0.472 e. The van der Waals surface area contributed by atoms with E-state index in [4.69, 9.17) is 23.3 Å². The van der Waals surface area contributed by atoms with Gasteiger partial charge in [0.15, 0.2) is 6.10 Å². The highest BCUT2D eigenvalue weighted by Crippen LogP contribution is 2.43. The highest BCUT2D eigenvalue weighted by molar-refractivity contribution is 7.47. The van der Waals surface area contributed by atoms with Crippen LogP contribution in [0, 0.1) is 0 Å². The van der Waals surface area contributed by atoms with Gasteiger partial charge in [-0.05, 0) is 103 Å². The minimum atomic E-state index is -4.77. The van der Waals surface area contributed by atoms with Gasteiger partial charge in [-0.15, -0.1) is 0 Å². The van der Waals surface area contributed by atoms with E-state index in [0.717, 1.165) is 135 Å². The monoisotopic (exact) mass is 1190 g/mol. The fraction of sp³-hybridized carbons (Fsp3) is 0.708. The van der Waals surface area contributed by atoms with Crippen molar-refractivity contribution in [1.82, 2.24) is 0 Å². The summed E-state index contributed by atoms with van der Waals surface area (Å²) >= 11 is 0. The molecule has 84 heavy (non-hydrogen) atoms. The first-order valence-electron chi connectivity index (χ1n) is 33.8. The zero-order valence-electron chi connectivity index (χ0n) is 53.6. The van der Waals surface area contributed by atoms with Crippen molar-refractivity contribution >= 4 is 25.7 Å². The summed E-state index contributed by atoms with van der Waals surface area (Å²) in [5.74, 6) is -1.51. The average Bonchev–Trinajstić information content (AvgIpc) is 3.55. The van der Waals surface area contributed by atoms with E-state index in [1.807, 2.05) is 0 Å². The molecule has 0 aliphatic carbocycles. The molecule has 0 aromatic heterocycles. The number of aliphatic hydroxyl groups excluding tert-OH is 1. The number of phosphoric ester groups is 1. The Hall–Kier alpha value is -3.86. The zero-order valence-corrected chi connectivity index (χ0v) is 54.5. The molecule has 3 atom stereocenters. The highest BCUT2D eigenvalue weighted by atomic mass is 31.2. The Morgan fingerprint density at radius 2 is 0.619 bits per heavy atom. The summed E-state index contributed by atoms with van der Waals surface area (Å²) in [7, 11) is -4.77. The van der Waals surface area contributed by atoms with Gasteiger partial charge in [-0.3, -0.25) is 23.4 Å². The largest absolute Gasteiger partial charge is 0.472 e. The third kappa shape index (κ3) is 62.7. The van der Waals surface area contributed by atoms with Gasteiger partial charge in [-0.2, -0.15) is 0 Å². The van der Waals surface area contributed by atoms with Gasteiger partial charge in [-0.25, -0.2) is 4.57 Å². The van der Waals surface area contributed by atoms with E-state index >= 15 is 0 Å². The number of carbonyl (C=O) groups excluding carboxylic acids is 3. The van der Waals surface area contributed by atoms with Gasteiger partial charge in [0, 0.05) is 19.3 Å². The first-order valence-corrected chi connectivity index (χ1v) is 35.3. The molecule has 0 bridgehead atoms. The van der Waals surface area contributed by atoms with Crippen LogP contribution in [0.25, 0.3) is 0 Å². The van der Waals surface area contributed by atoms with Crippen LogP contribution in [0.1, 0.15) is 290 Å². The van der Waals surface area contributed by atoms with Crippen molar-refractivity contribution in [3.63, 3.8) is 0 Å². The molecule has 0 spiro atoms. The van der Waals surface area contributed by atoms with Gasteiger partial charge in [-0.1, -0.05) is 278 Å². The number of esters is 3. The number of rotatable bonds is 62. The maximum atomic E-state index is 13.0. The summed E-state index contributed by atoms with van der Waals surface area (Å²) in [6.07, 6.45) is 80.4. The molecule has 0 saturated carbocycles. The Morgan fingerprint density at radius 1 is 0.345 bits per heavy atom. The van der Waals surface area contributed by atoms with Gasteiger partial charge >= 0.3 is 25.7 Å². The Bertz CT molecular complexity index is 1830. The molecule has 0 saturated heterocycles. The van der Waals surface area contributed by atoms with E-state index in [0.29, 0.717) is 19.3 Å². The lowest BCUT2D eigenvalue weighted by Crippen LogP contribution is -2.30. The van der Waals surface area contributed by atoms with Crippen molar-refractivity contribution in [2.24, 2.45) is 0 Å². The van der Waals surface area contributed by atoms with E-state index in [2.05, 4.69) is 130 Å². The summed E-state index contributed by atoms with van der Waals surface area (Å²) in [5, 5.41) is 9.88. The van der Waals surface area contributed by atoms with Crippen molar-refractivity contribution in [2.75, 3.05) is 26.4 Å². The Balaban J connectivity index is 4.75.